The second kappa shape index (κ2) is 5.26. The van der Waals surface area contributed by atoms with E-state index >= 15 is 0 Å². The van der Waals surface area contributed by atoms with Crippen LogP contribution in [0.4, 0.5) is 5.69 Å². The molecule has 1 aromatic rings. The number of benzene rings is 1. The first kappa shape index (κ1) is 12.9. The normalized spacial score (nSPS) is 12.2. The summed E-state index contributed by atoms with van der Waals surface area (Å²) in [7, 11) is 8.15. The van der Waals surface area contributed by atoms with E-state index in [1.807, 2.05) is 58.5 Å². The van der Waals surface area contributed by atoms with E-state index in [-0.39, 0.29) is 0 Å². The summed E-state index contributed by atoms with van der Waals surface area (Å²) in [6, 6.07) is 8.30. The van der Waals surface area contributed by atoms with Crippen molar-refractivity contribution >= 4 is 27.2 Å². The highest BCUT2D eigenvalue weighted by molar-refractivity contribution is 9.40. The fraction of sp³-hybridized carbons (Fsp3) is 0.400. The number of hydrogen-bond donors (Lipinski definition) is 0. The topological polar surface area (TPSA) is 18.8 Å². The van der Waals surface area contributed by atoms with Crippen molar-refractivity contribution in [2.45, 2.75) is 0 Å². The average molecular weight is 290 g/mol. The molecule has 1 rings (SSSR count). The molecule has 0 fully saturated rings. The Morgan fingerprint density at radius 1 is 1.00 bits per heavy atom. The fourth-order valence-corrected chi connectivity index (χ4v) is 3.23. The van der Waals surface area contributed by atoms with E-state index in [1.54, 1.807) is 0 Å². The number of rotatable bonds is 3. The molecule has 0 heterocycles. The smallest absolute Gasteiger partial charge is 0.166 e. The molecule has 0 saturated carbocycles. The predicted molar refractivity (Wildman–Crippen MR) is 71.8 cm³/mol. The van der Waals surface area contributed by atoms with Gasteiger partial charge in [-0.3, -0.25) is 9.34 Å². The van der Waals surface area contributed by atoms with Crippen LogP contribution in [0.3, 0.4) is 0 Å². The summed E-state index contributed by atoms with van der Waals surface area (Å²) in [5, 5.41) is 0. The third kappa shape index (κ3) is 3.15. The van der Waals surface area contributed by atoms with Crippen LogP contribution in [-0.4, -0.2) is 37.5 Å². The van der Waals surface area contributed by atoms with Gasteiger partial charge < -0.3 is 0 Å². The summed E-state index contributed by atoms with van der Waals surface area (Å²) in [6.45, 7) is 0. The second-order valence-corrected chi connectivity index (χ2v) is 9.27. The van der Waals surface area contributed by atoms with Gasteiger partial charge >= 0.3 is 0 Å². The van der Waals surface area contributed by atoms with Crippen LogP contribution in [-0.2, 0) is 0 Å². The van der Waals surface area contributed by atoms with Crippen molar-refractivity contribution in [1.29, 1.82) is 0 Å². The molecule has 0 aliphatic heterocycles. The Kier molecular flexibility index (Phi) is 4.53. The monoisotopic (exact) mass is 289 g/mol. The zero-order chi connectivity index (χ0) is 11.5. The fourth-order valence-electron chi connectivity index (χ4n) is 1.18. The van der Waals surface area contributed by atoms with E-state index < -0.39 is 6.06 Å². The number of hydrogen-bond acceptors (Lipinski definition) is 1. The van der Waals surface area contributed by atoms with Crippen LogP contribution in [0.25, 0.3) is 0 Å². The maximum absolute atomic E-state index is 4.77. The lowest BCUT2D eigenvalue weighted by molar-refractivity contribution is 0.580. The van der Waals surface area contributed by atoms with Gasteiger partial charge in [-0.05, 0) is 55.8 Å². The molecule has 5 heteroatoms. The van der Waals surface area contributed by atoms with Gasteiger partial charge in [0, 0.05) is 0 Å². The molecule has 0 unspecified atom stereocenters. The van der Waals surface area contributed by atoms with E-state index in [0.29, 0.717) is 0 Å². The van der Waals surface area contributed by atoms with Crippen molar-refractivity contribution in [3.05, 3.63) is 30.3 Å². The number of nitrogens with zero attached hydrogens (tertiary/aromatic N) is 3. The lowest BCUT2D eigenvalue weighted by Gasteiger charge is -2.30. The van der Waals surface area contributed by atoms with Crippen molar-refractivity contribution in [3.8, 4) is 0 Å². The highest BCUT2D eigenvalue weighted by Crippen LogP contribution is 2.62. The molecule has 0 aliphatic rings. The maximum Gasteiger partial charge on any atom is 0.166 e. The summed E-state index contributed by atoms with van der Waals surface area (Å²) in [5.41, 5.74) is 1.00. The summed E-state index contributed by atoms with van der Waals surface area (Å²) in [4.78, 5) is 0. The third-order valence-corrected chi connectivity index (χ3v) is 8.82. The van der Waals surface area contributed by atoms with Gasteiger partial charge in [0.05, 0.1) is 5.69 Å². The zero-order valence-corrected chi connectivity index (χ0v) is 12.0. The highest BCUT2D eigenvalue weighted by atomic mass is 79.9. The Labute approximate surface area is 100.0 Å². The van der Waals surface area contributed by atoms with Gasteiger partial charge in [-0.25, -0.2) is 4.74 Å². The van der Waals surface area contributed by atoms with Crippen molar-refractivity contribution in [2.75, 3.05) is 28.2 Å². The van der Waals surface area contributed by atoms with E-state index in [1.165, 1.54) is 0 Å². The van der Waals surface area contributed by atoms with Crippen LogP contribution >= 0.6 is 21.5 Å². The van der Waals surface area contributed by atoms with Crippen molar-refractivity contribution in [1.82, 2.24) is 9.34 Å². The van der Waals surface area contributed by atoms with Crippen molar-refractivity contribution < 1.29 is 0 Å². The molecular formula is C10H17BrN3P. The molecule has 15 heavy (non-hydrogen) atoms. The summed E-state index contributed by atoms with van der Waals surface area (Å²) >= 11 is 3.75. The largest absolute Gasteiger partial charge is 0.255 e. The van der Waals surface area contributed by atoms with Gasteiger partial charge in [0.15, 0.2) is 6.06 Å². The lowest BCUT2D eigenvalue weighted by atomic mass is 10.3. The van der Waals surface area contributed by atoms with E-state index in [9.17, 15) is 0 Å². The summed E-state index contributed by atoms with van der Waals surface area (Å²) in [6.07, 6.45) is 0. The summed E-state index contributed by atoms with van der Waals surface area (Å²) in [5.74, 6) is 0. The first-order valence-electron chi connectivity index (χ1n) is 4.69. The molecule has 0 amide bonds. The van der Waals surface area contributed by atoms with Crippen molar-refractivity contribution in [2.24, 2.45) is 4.74 Å². The minimum absolute atomic E-state index is 1.00. The quantitative estimate of drug-likeness (QED) is 0.789. The van der Waals surface area contributed by atoms with E-state index in [2.05, 4.69) is 24.8 Å². The first-order valence-corrected chi connectivity index (χ1v) is 8.36. The van der Waals surface area contributed by atoms with Gasteiger partial charge in [0.2, 0.25) is 0 Å². The zero-order valence-electron chi connectivity index (χ0n) is 9.55. The molecule has 0 atom stereocenters. The van der Waals surface area contributed by atoms with Gasteiger partial charge in [-0.15, -0.1) is 0 Å². The molecular weight excluding hydrogens is 273 g/mol. The van der Waals surface area contributed by atoms with E-state index in [0.717, 1.165) is 5.69 Å². The van der Waals surface area contributed by atoms with Crippen LogP contribution in [0.15, 0.2) is 35.1 Å². The Bertz CT molecular complexity index is 350. The Morgan fingerprint density at radius 2 is 1.47 bits per heavy atom. The SMILES string of the molecule is CN(C)P(Br)(=Nc1ccccc1)N(C)C. The molecule has 0 aromatic heterocycles. The molecule has 3 nitrogen and oxygen atoms in total. The lowest BCUT2D eigenvalue weighted by Crippen LogP contribution is -2.16. The maximum atomic E-state index is 4.77. The number of halogens is 1. The minimum atomic E-state index is -1.73. The van der Waals surface area contributed by atoms with Crippen LogP contribution in [0.2, 0.25) is 0 Å². The van der Waals surface area contributed by atoms with Gasteiger partial charge in [0.25, 0.3) is 0 Å². The standard InChI is InChI=1S/C10H17BrN3P/c1-13(2)15(11,14(3)4)12-10-8-6-5-7-9-10/h5-9H,1-4H3. The molecule has 1 aromatic carbocycles. The molecule has 0 bridgehead atoms. The second-order valence-electron chi connectivity index (χ2n) is 3.63. The van der Waals surface area contributed by atoms with Gasteiger partial charge in [0.1, 0.15) is 0 Å². The van der Waals surface area contributed by atoms with Crippen LogP contribution in [0.1, 0.15) is 0 Å². The summed E-state index contributed by atoms with van der Waals surface area (Å²) < 4.78 is 9.02. The van der Waals surface area contributed by atoms with Crippen LogP contribution in [0.5, 0.6) is 0 Å². The molecule has 0 aliphatic carbocycles. The van der Waals surface area contributed by atoms with Crippen LogP contribution in [0, 0.1) is 0 Å². The molecule has 0 radical (unpaired) electrons. The average Bonchev–Trinajstić information content (AvgIpc) is 2.18. The Balaban J connectivity index is 3.16. The highest BCUT2D eigenvalue weighted by Gasteiger charge is 2.21. The molecule has 0 N–H and O–H groups in total. The predicted octanol–water partition coefficient (Wildman–Crippen LogP) is 3.78. The van der Waals surface area contributed by atoms with Crippen LogP contribution < -0.4 is 0 Å². The van der Waals surface area contributed by atoms with Gasteiger partial charge in [-0.2, -0.15) is 0 Å². The first-order chi connectivity index (χ1) is 6.97. The molecule has 0 spiro atoms. The Hall–Kier alpha value is -0.150. The van der Waals surface area contributed by atoms with E-state index in [4.69, 9.17) is 4.74 Å². The third-order valence-electron chi connectivity index (χ3n) is 2.02. The minimum Gasteiger partial charge on any atom is -0.255 e. The Morgan fingerprint density at radius 3 is 1.87 bits per heavy atom. The molecule has 84 valence electrons. The van der Waals surface area contributed by atoms with Crippen molar-refractivity contribution in [3.63, 3.8) is 0 Å². The van der Waals surface area contributed by atoms with Gasteiger partial charge in [-0.1, -0.05) is 18.2 Å². The molecule has 0 saturated heterocycles.